The van der Waals surface area contributed by atoms with Crippen LogP contribution in [0.2, 0.25) is 0 Å². The molecule has 33 heavy (non-hydrogen) atoms. The van der Waals surface area contributed by atoms with E-state index in [4.69, 9.17) is 14.0 Å². The number of hydrogen-bond acceptors (Lipinski definition) is 8. The van der Waals surface area contributed by atoms with Crippen LogP contribution in [0.3, 0.4) is 0 Å². The number of urea groups is 1. The van der Waals surface area contributed by atoms with Crippen LogP contribution in [0.25, 0.3) is 11.4 Å². The Labute approximate surface area is 192 Å². The molecule has 0 atom stereocenters. The summed E-state index contributed by atoms with van der Waals surface area (Å²) in [6.07, 6.45) is 1.75. The summed E-state index contributed by atoms with van der Waals surface area (Å²) < 4.78 is 15.8. The highest BCUT2D eigenvalue weighted by atomic mass is 16.5. The lowest BCUT2D eigenvalue weighted by molar-refractivity contribution is 0.208. The molecule has 0 bridgehead atoms. The first kappa shape index (κ1) is 22.4. The molecule has 0 unspecified atom stereocenters. The lowest BCUT2D eigenvalue weighted by Gasteiger charge is -2.35. The first-order chi connectivity index (χ1) is 16.0. The summed E-state index contributed by atoms with van der Waals surface area (Å²) in [5.41, 5.74) is 1.43. The van der Waals surface area contributed by atoms with Gasteiger partial charge in [-0.1, -0.05) is 19.0 Å². The van der Waals surface area contributed by atoms with Gasteiger partial charge in [0.05, 0.1) is 14.2 Å². The third kappa shape index (κ3) is 5.16. The average Bonchev–Trinajstić information content (AvgIpc) is 3.35. The number of benzene rings is 1. The number of piperazine rings is 1. The fourth-order valence-electron chi connectivity index (χ4n) is 3.51. The number of anilines is 2. The largest absolute Gasteiger partial charge is 0.497 e. The smallest absolute Gasteiger partial charge is 0.321 e. The highest BCUT2D eigenvalue weighted by molar-refractivity contribution is 5.90. The molecule has 2 aromatic heterocycles. The van der Waals surface area contributed by atoms with Crippen LogP contribution in [0, 0.1) is 0 Å². The number of amides is 2. The third-order valence-electron chi connectivity index (χ3n) is 5.44. The Morgan fingerprint density at radius 2 is 1.76 bits per heavy atom. The molecule has 0 radical (unpaired) electrons. The number of methoxy groups -OCH3 is 2. The molecule has 3 heterocycles. The van der Waals surface area contributed by atoms with E-state index < -0.39 is 0 Å². The predicted octanol–water partition coefficient (Wildman–Crippen LogP) is 3.63. The first-order valence-corrected chi connectivity index (χ1v) is 10.8. The molecule has 0 saturated carbocycles. The van der Waals surface area contributed by atoms with Gasteiger partial charge >= 0.3 is 6.03 Å². The normalized spacial score (nSPS) is 13.8. The van der Waals surface area contributed by atoms with E-state index in [2.05, 4.69) is 25.3 Å². The summed E-state index contributed by atoms with van der Waals surface area (Å²) in [5.74, 6) is 3.40. The third-order valence-corrected chi connectivity index (χ3v) is 5.44. The Morgan fingerprint density at radius 3 is 2.30 bits per heavy atom. The summed E-state index contributed by atoms with van der Waals surface area (Å²) in [6.45, 7) is 6.54. The van der Waals surface area contributed by atoms with Gasteiger partial charge in [-0.3, -0.25) is 0 Å². The average molecular weight is 453 g/mol. The number of pyridine rings is 1. The molecule has 1 saturated heterocycles. The number of carbonyl (C=O) groups is 1. The second-order valence-corrected chi connectivity index (χ2v) is 8.02. The number of ether oxygens (including phenoxy) is 2. The van der Waals surface area contributed by atoms with Gasteiger partial charge in [-0.25, -0.2) is 9.78 Å². The van der Waals surface area contributed by atoms with Crippen LogP contribution in [0.1, 0.15) is 25.7 Å². The Bertz CT molecular complexity index is 1070. The zero-order valence-electron chi connectivity index (χ0n) is 19.2. The highest BCUT2D eigenvalue weighted by Gasteiger charge is 2.22. The molecule has 10 nitrogen and oxygen atoms in total. The van der Waals surface area contributed by atoms with Gasteiger partial charge in [0, 0.05) is 67.7 Å². The molecule has 1 aliphatic heterocycles. The lowest BCUT2D eigenvalue weighted by Crippen LogP contribution is -2.50. The van der Waals surface area contributed by atoms with Gasteiger partial charge < -0.3 is 29.1 Å². The number of nitrogens with one attached hydrogen (secondary N) is 1. The second kappa shape index (κ2) is 9.76. The highest BCUT2D eigenvalue weighted by Crippen LogP contribution is 2.26. The van der Waals surface area contributed by atoms with Gasteiger partial charge in [0.1, 0.15) is 17.3 Å². The first-order valence-electron chi connectivity index (χ1n) is 10.8. The van der Waals surface area contributed by atoms with Gasteiger partial charge in [-0.15, -0.1) is 0 Å². The quantitative estimate of drug-likeness (QED) is 0.604. The Hall–Kier alpha value is -3.82. The van der Waals surface area contributed by atoms with Gasteiger partial charge in [-0.05, 0) is 12.1 Å². The minimum Gasteiger partial charge on any atom is -0.497 e. The van der Waals surface area contributed by atoms with Crippen molar-refractivity contribution in [3.63, 3.8) is 0 Å². The predicted molar refractivity (Wildman–Crippen MR) is 124 cm³/mol. The van der Waals surface area contributed by atoms with Crippen molar-refractivity contribution < 1.29 is 18.8 Å². The van der Waals surface area contributed by atoms with Crippen molar-refractivity contribution in [1.82, 2.24) is 20.0 Å². The van der Waals surface area contributed by atoms with Crippen LogP contribution >= 0.6 is 0 Å². The van der Waals surface area contributed by atoms with E-state index in [1.54, 1.807) is 43.5 Å². The molecule has 174 valence electrons. The SMILES string of the molecule is COc1cc(NC(=O)N2CCN(c3ccc(-c4noc(C(C)C)n4)cn3)CC2)cc(OC)c1. The number of carbonyl (C=O) groups excluding carboxylic acids is 1. The van der Waals surface area contributed by atoms with Crippen molar-refractivity contribution in [3.05, 3.63) is 42.4 Å². The van der Waals surface area contributed by atoms with E-state index in [-0.39, 0.29) is 11.9 Å². The molecule has 1 fully saturated rings. The summed E-state index contributed by atoms with van der Waals surface area (Å²) in [5, 5.41) is 6.95. The topological polar surface area (TPSA) is 106 Å². The minimum atomic E-state index is -0.161. The summed E-state index contributed by atoms with van der Waals surface area (Å²) in [7, 11) is 3.15. The van der Waals surface area contributed by atoms with Crippen LogP contribution in [-0.4, -0.2) is 66.5 Å². The van der Waals surface area contributed by atoms with E-state index >= 15 is 0 Å². The van der Waals surface area contributed by atoms with Gasteiger partial charge in [0.2, 0.25) is 11.7 Å². The Kier molecular flexibility index (Phi) is 6.62. The van der Waals surface area contributed by atoms with Crippen LogP contribution in [0.15, 0.2) is 41.1 Å². The van der Waals surface area contributed by atoms with Crippen LogP contribution < -0.4 is 19.7 Å². The van der Waals surface area contributed by atoms with E-state index in [0.29, 0.717) is 55.1 Å². The van der Waals surface area contributed by atoms with Crippen LogP contribution in [0.4, 0.5) is 16.3 Å². The summed E-state index contributed by atoms with van der Waals surface area (Å²) >= 11 is 0. The van der Waals surface area contributed by atoms with E-state index in [9.17, 15) is 4.79 Å². The zero-order chi connectivity index (χ0) is 23.4. The molecule has 3 aromatic rings. The van der Waals surface area contributed by atoms with Crippen molar-refractivity contribution in [2.75, 3.05) is 50.6 Å². The number of nitrogens with zero attached hydrogens (tertiary/aromatic N) is 5. The van der Waals surface area contributed by atoms with E-state index in [1.807, 2.05) is 26.0 Å². The van der Waals surface area contributed by atoms with Crippen molar-refractivity contribution in [1.29, 1.82) is 0 Å². The van der Waals surface area contributed by atoms with Crippen molar-refractivity contribution in [2.45, 2.75) is 19.8 Å². The molecular weight excluding hydrogens is 424 g/mol. The monoisotopic (exact) mass is 452 g/mol. The molecule has 1 N–H and O–H groups in total. The molecule has 4 rings (SSSR count). The van der Waals surface area contributed by atoms with Crippen molar-refractivity contribution >= 4 is 17.5 Å². The second-order valence-electron chi connectivity index (χ2n) is 8.02. The fraction of sp³-hybridized carbons (Fsp3) is 0.391. The zero-order valence-corrected chi connectivity index (χ0v) is 19.2. The fourth-order valence-corrected chi connectivity index (χ4v) is 3.51. The molecule has 10 heteroatoms. The Morgan fingerprint density at radius 1 is 1.06 bits per heavy atom. The van der Waals surface area contributed by atoms with Crippen molar-refractivity contribution in [2.24, 2.45) is 0 Å². The molecular formula is C23H28N6O4. The minimum absolute atomic E-state index is 0.161. The van der Waals surface area contributed by atoms with Crippen LogP contribution in [-0.2, 0) is 0 Å². The molecule has 1 aliphatic rings. The van der Waals surface area contributed by atoms with E-state index in [1.165, 1.54) is 0 Å². The number of aromatic nitrogens is 3. The number of rotatable bonds is 6. The van der Waals surface area contributed by atoms with E-state index in [0.717, 1.165) is 11.4 Å². The summed E-state index contributed by atoms with van der Waals surface area (Å²) in [4.78, 5) is 25.6. The maximum atomic E-state index is 12.7. The van der Waals surface area contributed by atoms with Gasteiger partial charge in [0.25, 0.3) is 0 Å². The maximum absolute atomic E-state index is 12.7. The van der Waals surface area contributed by atoms with Crippen molar-refractivity contribution in [3.8, 4) is 22.9 Å². The molecule has 1 aromatic carbocycles. The molecule has 0 aliphatic carbocycles. The Balaban J connectivity index is 1.34. The maximum Gasteiger partial charge on any atom is 0.321 e. The van der Waals surface area contributed by atoms with Gasteiger partial charge in [0.15, 0.2) is 0 Å². The lowest BCUT2D eigenvalue weighted by atomic mass is 10.2. The molecule has 0 spiro atoms. The van der Waals surface area contributed by atoms with Gasteiger partial charge in [-0.2, -0.15) is 4.98 Å². The number of hydrogen-bond donors (Lipinski definition) is 1. The van der Waals surface area contributed by atoms with Crippen LogP contribution in [0.5, 0.6) is 11.5 Å². The summed E-state index contributed by atoms with van der Waals surface area (Å²) in [6, 6.07) is 9.00. The standard InChI is InChI=1S/C23H28N6O4/c1-15(2)22-26-21(27-33-22)16-5-6-20(24-14-16)28-7-9-29(10-8-28)23(30)25-17-11-18(31-3)13-19(12-17)32-4/h5-6,11-15H,7-10H2,1-4H3,(H,25,30). The molecule has 2 amide bonds.